The van der Waals surface area contributed by atoms with Crippen molar-refractivity contribution in [1.29, 1.82) is 0 Å². The first kappa shape index (κ1) is 29.2. The van der Waals surface area contributed by atoms with E-state index >= 15 is 0 Å². The number of aliphatic hydroxyl groups is 1. The van der Waals surface area contributed by atoms with Crippen molar-refractivity contribution in [2.45, 2.75) is 71.8 Å². The molecule has 1 N–H and O–H groups in total. The monoisotopic (exact) mass is 508 g/mol. The third-order valence-electron chi connectivity index (χ3n) is 7.59. The third-order valence-corrected chi connectivity index (χ3v) is 7.59. The summed E-state index contributed by atoms with van der Waals surface area (Å²) in [6.07, 6.45) is 0.563. The van der Waals surface area contributed by atoms with E-state index in [1.807, 2.05) is 0 Å². The van der Waals surface area contributed by atoms with Crippen LogP contribution in [0.15, 0.2) is 103 Å². The Hall–Kier alpha value is -3.36. The van der Waals surface area contributed by atoms with Gasteiger partial charge in [0, 0.05) is 41.9 Å². The summed E-state index contributed by atoms with van der Waals surface area (Å²) in [5, 5.41) is 9.76. The van der Waals surface area contributed by atoms with Crippen LogP contribution in [0, 0.1) is 0 Å². The Labute approximate surface area is 230 Å². The van der Waals surface area contributed by atoms with E-state index in [0.717, 1.165) is 5.75 Å². The quantitative estimate of drug-likeness (QED) is 0.231. The normalized spacial score (nSPS) is 13.7. The summed E-state index contributed by atoms with van der Waals surface area (Å²) < 4.78 is 6.87. The largest absolute Gasteiger partial charge is 0.487 e. The Kier molecular flexibility index (Phi) is 9.94. The van der Waals surface area contributed by atoms with Gasteiger partial charge in [-0.25, -0.2) is 0 Å². The van der Waals surface area contributed by atoms with E-state index in [9.17, 15) is 5.11 Å². The molecular weight excluding hydrogens is 464 g/mol. The van der Waals surface area contributed by atoms with Crippen LogP contribution in [0.5, 0.6) is 5.75 Å². The maximum absolute atomic E-state index is 9.76. The number of hydrogen-bond acceptors (Lipinski definition) is 2. The molecule has 38 heavy (non-hydrogen) atoms. The molecule has 2 heteroatoms. The molecule has 0 bridgehead atoms. The Morgan fingerprint density at radius 1 is 0.605 bits per heavy atom. The van der Waals surface area contributed by atoms with E-state index in [0.29, 0.717) is 6.42 Å². The molecule has 0 aliphatic rings. The summed E-state index contributed by atoms with van der Waals surface area (Å²) in [5.74, 6) is 1.47. The van der Waals surface area contributed by atoms with Gasteiger partial charge in [0.05, 0.1) is 0 Å². The molecule has 0 fully saturated rings. The highest BCUT2D eigenvalue weighted by Gasteiger charge is 2.28. The molecule has 0 aliphatic heterocycles. The van der Waals surface area contributed by atoms with E-state index in [4.69, 9.17) is 4.74 Å². The van der Waals surface area contributed by atoms with E-state index in [-0.39, 0.29) is 31.8 Å². The fourth-order valence-electron chi connectivity index (χ4n) is 5.08. The summed E-state index contributed by atoms with van der Waals surface area (Å²) in [4.78, 5) is 0. The van der Waals surface area contributed by atoms with Gasteiger partial charge in [-0.05, 0) is 36.1 Å². The zero-order valence-corrected chi connectivity index (χ0v) is 22.8. The van der Waals surface area contributed by atoms with Crippen molar-refractivity contribution < 1.29 is 9.84 Å². The minimum Gasteiger partial charge on any atom is -0.487 e. The van der Waals surface area contributed by atoms with Gasteiger partial charge in [-0.15, -0.1) is 0 Å². The highest BCUT2D eigenvalue weighted by Crippen LogP contribution is 2.44. The lowest BCUT2D eigenvalue weighted by Gasteiger charge is -2.32. The van der Waals surface area contributed by atoms with Gasteiger partial charge in [-0.3, -0.25) is 0 Å². The van der Waals surface area contributed by atoms with Crippen molar-refractivity contribution in [3.8, 4) is 5.75 Å². The molecule has 0 amide bonds. The fraction of sp³-hybridized carbons (Fsp3) is 0.333. The summed E-state index contributed by atoms with van der Waals surface area (Å²) in [6, 6.07) is 36.7. The first-order valence-corrected chi connectivity index (χ1v) is 13.4. The van der Waals surface area contributed by atoms with Crippen LogP contribution in [0.1, 0.15) is 99.6 Å². The zero-order valence-electron chi connectivity index (χ0n) is 22.8. The summed E-state index contributed by atoms with van der Waals surface area (Å²) >= 11 is 0. The van der Waals surface area contributed by atoms with Crippen molar-refractivity contribution >= 4 is 0 Å². The molecule has 0 aromatic heterocycles. The molecule has 0 saturated carbocycles. The minimum absolute atomic E-state index is 0. The predicted octanol–water partition coefficient (Wildman–Crippen LogP) is 9.32. The van der Waals surface area contributed by atoms with Gasteiger partial charge in [0.1, 0.15) is 11.4 Å². The number of benzene rings is 4. The molecule has 2 nitrogen and oxygen atoms in total. The number of rotatable bonds is 10. The molecule has 0 saturated heterocycles. The van der Waals surface area contributed by atoms with Gasteiger partial charge >= 0.3 is 0 Å². The van der Waals surface area contributed by atoms with Gasteiger partial charge < -0.3 is 9.84 Å². The van der Waals surface area contributed by atoms with E-state index in [1.54, 1.807) is 0 Å². The van der Waals surface area contributed by atoms with Crippen LogP contribution in [-0.4, -0.2) is 17.3 Å². The van der Waals surface area contributed by atoms with Gasteiger partial charge in [0.25, 0.3) is 0 Å². The molecule has 0 aliphatic carbocycles. The van der Waals surface area contributed by atoms with Crippen molar-refractivity contribution in [3.05, 3.63) is 137 Å². The second-order valence-corrected chi connectivity index (χ2v) is 10.8. The molecule has 4 rings (SSSR count). The Morgan fingerprint density at radius 2 is 0.974 bits per heavy atom. The minimum atomic E-state index is -0.502. The average molecular weight is 509 g/mol. The van der Waals surface area contributed by atoms with Crippen LogP contribution in [0.3, 0.4) is 0 Å². The van der Waals surface area contributed by atoms with Gasteiger partial charge in [0.2, 0.25) is 0 Å². The van der Waals surface area contributed by atoms with Crippen molar-refractivity contribution in [2.75, 3.05) is 6.61 Å². The molecule has 200 valence electrons. The standard InChI is InChI=1S/C35H40O2.CH4/c1-25(28-15-9-6-10-16-28)31-23-32(26(2)29-17-11-7-12-18-29)34(37-35(4,5)21-22-36)33(24-31)27(3)30-19-13-8-14-20-30;/h6-20,23-27,36H,21-22H2,1-5H3;1H4. The van der Waals surface area contributed by atoms with Crippen LogP contribution >= 0.6 is 0 Å². The SMILES string of the molecule is C.CC(c1ccccc1)c1cc(C(C)c2ccccc2)c(OC(C)(C)CCO)c(C(C)c2ccccc2)c1. The summed E-state index contributed by atoms with van der Waals surface area (Å²) in [5.41, 5.74) is 6.98. The molecular formula is C36H44O2. The number of aliphatic hydroxyl groups excluding tert-OH is 1. The van der Waals surface area contributed by atoms with Crippen molar-refractivity contribution in [3.63, 3.8) is 0 Å². The van der Waals surface area contributed by atoms with Gasteiger partial charge in [-0.2, -0.15) is 0 Å². The second kappa shape index (κ2) is 12.9. The third kappa shape index (κ3) is 6.74. The Bertz CT molecular complexity index is 1200. The van der Waals surface area contributed by atoms with E-state index < -0.39 is 5.60 Å². The topological polar surface area (TPSA) is 29.5 Å². The number of ether oxygens (including phenoxy) is 1. The first-order valence-electron chi connectivity index (χ1n) is 13.4. The van der Waals surface area contributed by atoms with Crippen LogP contribution in [0.25, 0.3) is 0 Å². The predicted molar refractivity (Wildman–Crippen MR) is 161 cm³/mol. The molecule has 3 atom stereocenters. The molecule has 4 aromatic carbocycles. The first-order chi connectivity index (χ1) is 17.8. The number of hydrogen-bond donors (Lipinski definition) is 1. The van der Waals surface area contributed by atoms with Crippen LogP contribution in [0.2, 0.25) is 0 Å². The van der Waals surface area contributed by atoms with Crippen LogP contribution < -0.4 is 4.74 Å². The molecule has 0 spiro atoms. The molecule has 3 unspecified atom stereocenters. The van der Waals surface area contributed by atoms with Crippen molar-refractivity contribution in [2.24, 2.45) is 0 Å². The summed E-state index contributed by atoms with van der Waals surface area (Å²) in [7, 11) is 0. The van der Waals surface area contributed by atoms with Gasteiger partial charge in [0.15, 0.2) is 0 Å². The van der Waals surface area contributed by atoms with Crippen molar-refractivity contribution in [1.82, 2.24) is 0 Å². The highest BCUT2D eigenvalue weighted by molar-refractivity contribution is 5.54. The Balaban J connectivity index is 0.00000400. The maximum atomic E-state index is 9.76. The molecule has 4 aromatic rings. The van der Waals surface area contributed by atoms with E-state index in [1.165, 1.54) is 33.4 Å². The lowest BCUT2D eigenvalue weighted by atomic mass is 9.81. The van der Waals surface area contributed by atoms with Gasteiger partial charge in [-0.1, -0.05) is 131 Å². The molecule has 0 radical (unpaired) electrons. The molecule has 0 heterocycles. The van der Waals surface area contributed by atoms with E-state index in [2.05, 4.69) is 138 Å². The lowest BCUT2D eigenvalue weighted by Crippen LogP contribution is -2.31. The zero-order chi connectivity index (χ0) is 26.4. The fourth-order valence-corrected chi connectivity index (χ4v) is 5.08. The van der Waals surface area contributed by atoms with Crippen LogP contribution in [-0.2, 0) is 0 Å². The Morgan fingerprint density at radius 3 is 1.34 bits per heavy atom. The highest BCUT2D eigenvalue weighted by atomic mass is 16.5. The second-order valence-electron chi connectivity index (χ2n) is 10.8. The maximum Gasteiger partial charge on any atom is 0.127 e. The average Bonchev–Trinajstić information content (AvgIpc) is 2.93. The lowest BCUT2D eigenvalue weighted by molar-refractivity contribution is 0.0740. The summed E-state index contributed by atoms with van der Waals surface area (Å²) in [6.45, 7) is 11.0. The smallest absolute Gasteiger partial charge is 0.127 e. The van der Waals surface area contributed by atoms with Crippen LogP contribution in [0.4, 0.5) is 0 Å².